The van der Waals surface area contributed by atoms with Crippen molar-refractivity contribution in [3.8, 4) is 0 Å². The molecule has 4 heteroatoms. The molecule has 2 aromatic rings. The number of imidazole rings is 1. The van der Waals surface area contributed by atoms with E-state index in [1.807, 2.05) is 26.1 Å². The van der Waals surface area contributed by atoms with Gasteiger partial charge in [-0.1, -0.05) is 15.9 Å². The highest BCUT2D eigenvalue weighted by molar-refractivity contribution is 9.10. The van der Waals surface area contributed by atoms with Crippen LogP contribution in [-0.4, -0.2) is 15.6 Å². The summed E-state index contributed by atoms with van der Waals surface area (Å²) in [6.45, 7) is 2.00. The highest BCUT2D eigenvalue weighted by atomic mass is 79.9. The van der Waals surface area contributed by atoms with Crippen molar-refractivity contribution in [2.75, 3.05) is 0 Å². The number of nitrogens with two attached hydrogens (primary N) is 1. The van der Waals surface area contributed by atoms with Gasteiger partial charge < -0.3 is 10.3 Å². The lowest BCUT2D eigenvalue weighted by Crippen LogP contribution is -2.19. The molecule has 1 heterocycles. The molecule has 1 unspecified atom stereocenters. The number of benzene rings is 1. The van der Waals surface area contributed by atoms with Crippen molar-refractivity contribution < 1.29 is 0 Å². The summed E-state index contributed by atoms with van der Waals surface area (Å²) in [5.41, 5.74) is 7.95. The normalized spacial score (nSPS) is 13.3. The summed E-state index contributed by atoms with van der Waals surface area (Å²) in [5.74, 6) is 1.04. The smallest absolute Gasteiger partial charge is 0.111 e. The largest absolute Gasteiger partial charge is 0.331 e. The van der Waals surface area contributed by atoms with Crippen molar-refractivity contribution in [2.45, 2.75) is 19.4 Å². The molecule has 1 aromatic carbocycles. The zero-order valence-electron chi connectivity index (χ0n) is 8.87. The summed E-state index contributed by atoms with van der Waals surface area (Å²) in [6.07, 6.45) is 0.808. The first-order valence-corrected chi connectivity index (χ1v) is 5.73. The van der Waals surface area contributed by atoms with Crippen molar-refractivity contribution in [2.24, 2.45) is 12.8 Å². The van der Waals surface area contributed by atoms with Crippen LogP contribution in [0.5, 0.6) is 0 Å². The molecule has 0 radical (unpaired) electrons. The average Bonchev–Trinajstić information content (AvgIpc) is 2.44. The number of rotatable bonds is 2. The number of aryl methyl sites for hydroxylation is 1. The van der Waals surface area contributed by atoms with Crippen molar-refractivity contribution in [1.29, 1.82) is 0 Å². The molecule has 0 saturated carbocycles. The molecule has 0 aliphatic heterocycles. The molecular formula is C11H14BrN3. The van der Waals surface area contributed by atoms with Gasteiger partial charge >= 0.3 is 0 Å². The van der Waals surface area contributed by atoms with Gasteiger partial charge in [0.05, 0.1) is 11.0 Å². The number of halogens is 1. The minimum absolute atomic E-state index is 0.143. The van der Waals surface area contributed by atoms with E-state index in [1.165, 1.54) is 0 Å². The molecule has 15 heavy (non-hydrogen) atoms. The quantitative estimate of drug-likeness (QED) is 0.907. The molecule has 1 atom stereocenters. The molecule has 3 nitrogen and oxygen atoms in total. The summed E-state index contributed by atoms with van der Waals surface area (Å²) in [5, 5.41) is 0. The van der Waals surface area contributed by atoms with Crippen LogP contribution in [0.4, 0.5) is 0 Å². The second-order valence-electron chi connectivity index (χ2n) is 3.90. The second-order valence-corrected chi connectivity index (χ2v) is 4.82. The number of aromatic nitrogens is 2. The van der Waals surface area contributed by atoms with Crippen LogP contribution < -0.4 is 5.73 Å². The van der Waals surface area contributed by atoms with E-state index in [1.54, 1.807) is 0 Å². The van der Waals surface area contributed by atoms with Gasteiger partial charge in [0.1, 0.15) is 5.82 Å². The third-order valence-electron chi connectivity index (χ3n) is 2.44. The SMILES string of the molecule is CC(N)Cc1nc2ccc(Br)cc2n1C. The van der Waals surface area contributed by atoms with Crippen molar-refractivity contribution >= 4 is 27.0 Å². The molecule has 80 valence electrons. The lowest BCUT2D eigenvalue weighted by atomic mass is 10.2. The van der Waals surface area contributed by atoms with Crippen molar-refractivity contribution in [3.63, 3.8) is 0 Å². The summed E-state index contributed by atoms with van der Waals surface area (Å²) in [7, 11) is 2.03. The first-order chi connectivity index (χ1) is 7.08. The molecule has 0 amide bonds. The van der Waals surface area contributed by atoms with E-state index >= 15 is 0 Å². The highest BCUT2D eigenvalue weighted by Crippen LogP contribution is 2.20. The van der Waals surface area contributed by atoms with Gasteiger partial charge in [-0.25, -0.2) is 4.98 Å². The van der Waals surface area contributed by atoms with Gasteiger partial charge in [-0.15, -0.1) is 0 Å². The van der Waals surface area contributed by atoms with Gasteiger partial charge in [0.15, 0.2) is 0 Å². The van der Waals surface area contributed by atoms with Gasteiger partial charge in [0, 0.05) is 24.0 Å². The predicted octanol–water partition coefficient (Wildman–Crippen LogP) is 2.23. The summed E-state index contributed by atoms with van der Waals surface area (Å²) < 4.78 is 3.18. The predicted molar refractivity (Wildman–Crippen MR) is 65.8 cm³/mol. The molecule has 0 spiro atoms. The summed E-state index contributed by atoms with van der Waals surface area (Å²) >= 11 is 3.46. The lowest BCUT2D eigenvalue weighted by molar-refractivity contribution is 0.678. The third kappa shape index (κ3) is 2.06. The van der Waals surface area contributed by atoms with Crippen LogP contribution in [0.3, 0.4) is 0 Å². The number of hydrogen-bond donors (Lipinski definition) is 1. The molecule has 0 bridgehead atoms. The Kier molecular flexibility index (Phi) is 2.80. The minimum Gasteiger partial charge on any atom is -0.331 e. The Morgan fingerprint density at radius 1 is 1.53 bits per heavy atom. The Bertz CT molecular complexity index is 488. The van der Waals surface area contributed by atoms with E-state index in [4.69, 9.17) is 5.73 Å². The zero-order chi connectivity index (χ0) is 11.0. The Morgan fingerprint density at radius 2 is 2.27 bits per heavy atom. The van der Waals surface area contributed by atoms with Gasteiger partial charge in [-0.2, -0.15) is 0 Å². The van der Waals surface area contributed by atoms with Crippen LogP contribution in [0.15, 0.2) is 22.7 Å². The summed E-state index contributed by atoms with van der Waals surface area (Å²) in [6, 6.07) is 6.24. The molecule has 0 saturated heterocycles. The van der Waals surface area contributed by atoms with E-state index in [-0.39, 0.29) is 6.04 Å². The highest BCUT2D eigenvalue weighted by Gasteiger charge is 2.09. The monoisotopic (exact) mass is 267 g/mol. The molecular weight excluding hydrogens is 254 g/mol. The number of hydrogen-bond acceptors (Lipinski definition) is 2. The van der Waals surface area contributed by atoms with Crippen molar-refractivity contribution in [1.82, 2.24) is 9.55 Å². The fraction of sp³-hybridized carbons (Fsp3) is 0.364. The molecule has 0 fully saturated rings. The van der Waals surface area contributed by atoms with E-state index in [2.05, 4.69) is 31.5 Å². The molecule has 0 aliphatic carbocycles. The third-order valence-corrected chi connectivity index (χ3v) is 2.93. The Labute approximate surface area is 97.4 Å². The van der Waals surface area contributed by atoms with Crippen molar-refractivity contribution in [3.05, 3.63) is 28.5 Å². The van der Waals surface area contributed by atoms with Crippen LogP contribution in [0.25, 0.3) is 11.0 Å². The Morgan fingerprint density at radius 3 is 2.93 bits per heavy atom. The first-order valence-electron chi connectivity index (χ1n) is 4.94. The number of fused-ring (bicyclic) bond motifs is 1. The fourth-order valence-corrected chi connectivity index (χ4v) is 2.03. The van der Waals surface area contributed by atoms with Crippen LogP contribution >= 0.6 is 15.9 Å². The minimum atomic E-state index is 0.143. The maximum Gasteiger partial charge on any atom is 0.111 e. The van der Waals surface area contributed by atoms with Crippen LogP contribution in [-0.2, 0) is 13.5 Å². The molecule has 0 aliphatic rings. The van der Waals surface area contributed by atoms with Gasteiger partial charge in [-0.3, -0.25) is 0 Å². The Hall–Kier alpha value is -0.870. The van der Waals surface area contributed by atoms with E-state index < -0.39 is 0 Å². The van der Waals surface area contributed by atoms with Gasteiger partial charge in [-0.05, 0) is 25.1 Å². The van der Waals surface area contributed by atoms with Crippen LogP contribution in [0.1, 0.15) is 12.7 Å². The summed E-state index contributed by atoms with van der Waals surface area (Å²) in [4.78, 5) is 4.56. The topological polar surface area (TPSA) is 43.8 Å². The van der Waals surface area contributed by atoms with E-state index in [9.17, 15) is 0 Å². The van der Waals surface area contributed by atoms with E-state index in [0.717, 1.165) is 27.8 Å². The second kappa shape index (κ2) is 3.94. The van der Waals surface area contributed by atoms with Gasteiger partial charge in [0.2, 0.25) is 0 Å². The van der Waals surface area contributed by atoms with Crippen LogP contribution in [0.2, 0.25) is 0 Å². The van der Waals surface area contributed by atoms with E-state index in [0.29, 0.717) is 0 Å². The molecule has 2 N–H and O–H groups in total. The molecule has 1 aromatic heterocycles. The Balaban J connectivity index is 2.54. The average molecular weight is 268 g/mol. The zero-order valence-corrected chi connectivity index (χ0v) is 10.5. The maximum atomic E-state index is 5.78. The lowest BCUT2D eigenvalue weighted by Gasteiger charge is -2.04. The standard InChI is InChI=1S/C11H14BrN3/c1-7(13)5-11-14-9-4-3-8(12)6-10(9)15(11)2/h3-4,6-7H,5,13H2,1-2H3. The molecule has 2 rings (SSSR count). The fourth-order valence-electron chi connectivity index (χ4n) is 1.68. The maximum absolute atomic E-state index is 5.78. The van der Waals surface area contributed by atoms with Gasteiger partial charge in [0.25, 0.3) is 0 Å². The number of nitrogens with zero attached hydrogens (tertiary/aromatic N) is 2. The van der Waals surface area contributed by atoms with Crippen LogP contribution in [0, 0.1) is 0 Å². The first kappa shape index (κ1) is 10.6.